The summed E-state index contributed by atoms with van der Waals surface area (Å²) in [4.78, 5) is 40.1. The number of amides is 3. The van der Waals surface area contributed by atoms with Crippen LogP contribution in [0.3, 0.4) is 0 Å². The number of halogens is 3. The highest BCUT2D eigenvalue weighted by atomic mass is 32.1. The molecule has 3 amide bonds. The van der Waals surface area contributed by atoms with Crippen molar-refractivity contribution >= 4 is 77.1 Å². The summed E-state index contributed by atoms with van der Waals surface area (Å²) in [6, 6.07) is 13.4. The summed E-state index contributed by atoms with van der Waals surface area (Å²) in [6.07, 6.45) is -4.99. The number of benzene rings is 2. The van der Waals surface area contributed by atoms with E-state index in [1.54, 1.807) is 17.4 Å². The predicted molar refractivity (Wildman–Crippen MR) is 133 cm³/mol. The fourth-order valence-electron chi connectivity index (χ4n) is 3.58. The first-order valence-electron chi connectivity index (χ1n) is 10.4. The van der Waals surface area contributed by atoms with Crippen LogP contribution in [0, 0.1) is 0 Å². The van der Waals surface area contributed by atoms with Gasteiger partial charge >= 0.3 is 12.1 Å². The summed E-state index contributed by atoms with van der Waals surface area (Å²) in [5.41, 5.74) is 2.76. The molecule has 0 saturated carbocycles. The summed E-state index contributed by atoms with van der Waals surface area (Å²) in [5.74, 6) is -3.15. The highest BCUT2D eigenvalue weighted by Crippen LogP contribution is 2.46. The largest absolute Gasteiger partial charge is 0.471 e. The van der Waals surface area contributed by atoms with Gasteiger partial charge in [0.1, 0.15) is 4.83 Å². The Morgan fingerprint density at radius 3 is 2.22 bits per heavy atom. The van der Waals surface area contributed by atoms with Gasteiger partial charge < -0.3 is 21.3 Å². The fourth-order valence-corrected chi connectivity index (χ4v) is 5.62. The molecule has 184 valence electrons. The zero-order chi connectivity index (χ0) is 25.6. The second-order valence-electron chi connectivity index (χ2n) is 7.90. The van der Waals surface area contributed by atoms with E-state index < -0.39 is 18.0 Å². The second kappa shape index (κ2) is 8.91. The number of hydrogen-bond acceptors (Lipinski definition) is 7. The quantitative estimate of drug-likeness (QED) is 0.257. The zero-order valence-electron chi connectivity index (χ0n) is 18.3. The van der Waals surface area contributed by atoms with Crippen LogP contribution in [0.4, 0.5) is 40.4 Å². The van der Waals surface area contributed by atoms with Crippen LogP contribution in [0.25, 0.3) is 9.53 Å². The number of anilines is 5. The van der Waals surface area contributed by atoms with Gasteiger partial charge in [0.15, 0.2) is 5.13 Å². The molecule has 1 aliphatic carbocycles. The van der Waals surface area contributed by atoms with Crippen molar-refractivity contribution in [2.24, 2.45) is 0 Å². The van der Waals surface area contributed by atoms with Crippen molar-refractivity contribution in [2.75, 3.05) is 21.3 Å². The molecule has 2 heterocycles. The Balaban J connectivity index is 1.20. The average molecular weight is 532 g/mol. The molecule has 2 aromatic heterocycles. The summed E-state index contributed by atoms with van der Waals surface area (Å²) < 4.78 is 38.2. The third kappa shape index (κ3) is 5.02. The van der Waals surface area contributed by atoms with Crippen molar-refractivity contribution in [1.29, 1.82) is 0 Å². The molecule has 0 radical (unpaired) electrons. The van der Waals surface area contributed by atoms with E-state index in [9.17, 15) is 27.6 Å². The van der Waals surface area contributed by atoms with Crippen molar-refractivity contribution in [3.8, 4) is 0 Å². The molecule has 1 aliphatic rings. The standard InChI is InChI=1S/C23H16F3N5O3S2/c1-10(32)27-11-2-4-12(5-3-11)28-17-9-16-20(36-17)31-22(35-16)30-19(33)18-14-7-6-13(8-15(14)18)29-21(34)23(24,25)26/h2-9,18,28H,1H3,(H,27,32)(H,29,34)(H,30,31,33). The Hall–Kier alpha value is -3.97. The topological polar surface area (TPSA) is 112 Å². The average Bonchev–Trinajstić information content (AvgIpc) is 3.22. The van der Waals surface area contributed by atoms with Gasteiger partial charge in [-0.15, -0.1) is 0 Å². The third-order valence-electron chi connectivity index (χ3n) is 5.20. The number of carbonyl (C=O) groups is 3. The summed E-state index contributed by atoms with van der Waals surface area (Å²) >= 11 is 2.71. The van der Waals surface area contributed by atoms with Crippen molar-refractivity contribution < 1.29 is 27.6 Å². The highest BCUT2D eigenvalue weighted by molar-refractivity contribution is 7.30. The SMILES string of the molecule is CC(=O)Nc1ccc(Nc2cc3sc(NC(=O)C4c5ccc(NC(=O)C(F)(F)F)cc54)nc3s2)cc1. The van der Waals surface area contributed by atoms with Crippen LogP contribution < -0.4 is 21.3 Å². The molecule has 4 aromatic rings. The number of fused-ring (bicyclic) bond motifs is 2. The van der Waals surface area contributed by atoms with Gasteiger partial charge in [-0.05, 0) is 53.6 Å². The molecule has 36 heavy (non-hydrogen) atoms. The Bertz CT molecular complexity index is 1480. The normalized spacial score (nSPS) is 14.2. The molecular formula is C23H16F3N5O3S2. The number of thiazole rings is 1. The van der Waals surface area contributed by atoms with Gasteiger partial charge in [0.25, 0.3) is 0 Å². The molecule has 0 fully saturated rings. The Morgan fingerprint density at radius 1 is 0.861 bits per heavy atom. The number of hydrogen-bond donors (Lipinski definition) is 4. The van der Waals surface area contributed by atoms with E-state index in [0.29, 0.717) is 21.9 Å². The molecule has 2 aromatic carbocycles. The maximum absolute atomic E-state index is 12.7. The van der Waals surface area contributed by atoms with Crippen LogP contribution in [0.1, 0.15) is 24.0 Å². The highest BCUT2D eigenvalue weighted by Gasteiger charge is 2.41. The molecule has 13 heteroatoms. The van der Waals surface area contributed by atoms with Crippen LogP contribution >= 0.6 is 22.7 Å². The van der Waals surface area contributed by atoms with Gasteiger partial charge in [-0.3, -0.25) is 14.4 Å². The molecular weight excluding hydrogens is 515 g/mol. The van der Waals surface area contributed by atoms with Gasteiger partial charge in [-0.25, -0.2) is 4.98 Å². The molecule has 0 bridgehead atoms. The number of nitrogens with zero attached hydrogens (tertiary/aromatic N) is 1. The van der Waals surface area contributed by atoms with E-state index in [4.69, 9.17) is 0 Å². The van der Waals surface area contributed by atoms with Crippen molar-refractivity contribution in [1.82, 2.24) is 4.98 Å². The minimum Gasteiger partial charge on any atom is -0.347 e. The van der Waals surface area contributed by atoms with Crippen LogP contribution in [0.2, 0.25) is 0 Å². The monoisotopic (exact) mass is 531 g/mol. The van der Waals surface area contributed by atoms with Gasteiger partial charge in [0, 0.05) is 24.0 Å². The van der Waals surface area contributed by atoms with Gasteiger partial charge in [0.2, 0.25) is 11.8 Å². The van der Waals surface area contributed by atoms with E-state index >= 15 is 0 Å². The molecule has 0 saturated heterocycles. The fraction of sp³-hybridized carbons (Fsp3) is 0.130. The first kappa shape index (κ1) is 23.8. The molecule has 5 rings (SSSR count). The van der Waals surface area contributed by atoms with Crippen LogP contribution in [-0.4, -0.2) is 28.9 Å². The molecule has 0 spiro atoms. The summed E-state index contributed by atoms with van der Waals surface area (Å²) in [6.45, 7) is 1.44. The Labute approximate surface area is 209 Å². The minimum atomic E-state index is -4.99. The molecule has 1 unspecified atom stereocenters. The van der Waals surface area contributed by atoms with Crippen LogP contribution in [-0.2, 0) is 14.4 Å². The van der Waals surface area contributed by atoms with E-state index in [2.05, 4.69) is 20.9 Å². The van der Waals surface area contributed by atoms with Crippen LogP contribution in [0.5, 0.6) is 0 Å². The lowest BCUT2D eigenvalue weighted by molar-refractivity contribution is -0.167. The van der Waals surface area contributed by atoms with Crippen molar-refractivity contribution in [2.45, 2.75) is 19.0 Å². The zero-order valence-corrected chi connectivity index (χ0v) is 20.0. The van der Waals surface area contributed by atoms with Gasteiger partial charge in [0.05, 0.1) is 15.6 Å². The number of nitrogens with one attached hydrogen (secondary N) is 4. The van der Waals surface area contributed by atoms with Gasteiger partial charge in [-0.1, -0.05) is 28.7 Å². The summed E-state index contributed by atoms with van der Waals surface area (Å²) in [7, 11) is 0. The number of rotatable bonds is 6. The van der Waals surface area contributed by atoms with Crippen LogP contribution in [0.15, 0.2) is 48.5 Å². The maximum atomic E-state index is 12.7. The first-order chi connectivity index (χ1) is 17.1. The lowest BCUT2D eigenvalue weighted by atomic mass is 10.3. The van der Waals surface area contributed by atoms with E-state index in [0.717, 1.165) is 20.2 Å². The van der Waals surface area contributed by atoms with E-state index in [-0.39, 0.29) is 17.5 Å². The molecule has 1 atom stereocenters. The minimum absolute atomic E-state index is 0.0223. The van der Waals surface area contributed by atoms with E-state index in [1.807, 2.05) is 18.2 Å². The smallest absolute Gasteiger partial charge is 0.347 e. The summed E-state index contributed by atoms with van der Waals surface area (Å²) in [5, 5.41) is 11.8. The lowest BCUT2D eigenvalue weighted by Crippen LogP contribution is -2.29. The first-order valence-corrected chi connectivity index (χ1v) is 12.1. The number of thiophene rings is 1. The van der Waals surface area contributed by atoms with Crippen molar-refractivity contribution in [3.05, 3.63) is 59.7 Å². The third-order valence-corrected chi connectivity index (χ3v) is 7.19. The van der Waals surface area contributed by atoms with Crippen molar-refractivity contribution in [3.63, 3.8) is 0 Å². The maximum Gasteiger partial charge on any atom is 0.471 e. The molecule has 4 N–H and O–H groups in total. The number of alkyl halides is 3. The predicted octanol–water partition coefficient (Wildman–Crippen LogP) is 5.64. The van der Waals surface area contributed by atoms with E-state index in [1.165, 1.54) is 47.8 Å². The Kier molecular flexibility index (Phi) is 5.88. The second-order valence-corrected chi connectivity index (χ2v) is 9.96. The number of aromatic nitrogens is 1. The Morgan fingerprint density at radius 2 is 1.56 bits per heavy atom. The lowest BCUT2D eigenvalue weighted by Gasteiger charge is -2.06. The molecule has 0 aliphatic heterocycles. The number of carbonyl (C=O) groups excluding carboxylic acids is 3. The van der Waals surface area contributed by atoms with Gasteiger partial charge in [-0.2, -0.15) is 13.2 Å². The molecule has 8 nitrogen and oxygen atoms in total.